The lowest BCUT2D eigenvalue weighted by Gasteiger charge is -2.14. The molecular formula is C14H18N2O. The smallest absolute Gasteiger partial charge is 0.130 e. The second-order valence-corrected chi connectivity index (χ2v) is 4.94. The second-order valence-electron chi connectivity index (χ2n) is 4.94. The van der Waals surface area contributed by atoms with E-state index in [2.05, 4.69) is 17.1 Å². The summed E-state index contributed by atoms with van der Waals surface area (Å²) in [6.07, 6.45) is 6.24. The Labute approximate surface area is 101 Å². The van der Waals surface area contributed by atoms with Crippen LogP contribution in [0.5, 0.6) is 0 Å². The van der Waals surface area contributed by atoms with Crippen molar-refractivity contribution in [1.82, 2.24) is 4.98 Å². The molecule has 1 saturated carbocycles. The lowest BCUT2D eigenvalue weighted by atomic mass is 9.93. The minimum Gasteiger partial charge on any atom is -0.374 e. The van der Waals surface area contributed by atoms with Crippen molar-refractivity contribution in [3.63, 3.8) is 0 Å². The Bertz CT molecular complexity index is 524. The van der Waals surface area contributed by atoms with E-state index in [0.717, 1.165) is 11.1 Å². The standard InChI is InChI=1S/C14H18N2O/c15-14(17)12-6-5-10(9-3-1-2-4-9)11-7-8-16-13(11)12/h5-9,14,16-17H,1-4,15H2. The number of aliphatic hydroxyl groups is 1. The topological polar surface area (TPSA) is 62.0 Å². The Hall–Kier alpha value is -1.32. The van der Waals surface area contributed by atoms with Gasteiger partial charge in [0.2, 0.25) is 0 Å². The van der Waals surface area contributed by atoms with Gasteiger partial charge in [-0.3, -0.25) is 0 Å². The van der Waals surface area contributed by atoms with Crippen LogP contribution in [0.4, 0.5) is 0 Å². The summed E-state index contributed by atoms with van der Waals surface area (Å²) < 4.78 is 0. The number of aliphatic hydroxyl groups excluding tert-OH is 1. The van der Waals surface area contributed by atoms with E-state index in [9.17, 15) is 5.11 Å². The zero-order chi connectivity index (χ0) is 11.8. The fourth-order valence-corrected chi connectivity index (χ4v) is 3.04. The first-order valence-corrected chi connectivity index (χ1v) is 6.31. The molecular weight excluding hydrogens is 212 g/mol. The van der Waals surface area contributed by atoms with Crippen molar-refractivity contribution in [3.8, 4) is 0 Å². The molecule has 0 bridgehead atoms. The number of hydrogen-bond donors (Lipinski definition) is 3. The Kier molecular flexibility index (Phi) is 2.65. The highest BCUT2D eigenvalue weighted by Crippen LogP contribution is 2.38. The number of rotatable bonds is 2. The van der Waals surface area contributed by atoms with Crippen LogP contribution >= 0.6 is 0 Å². The summed E-state index contributed by atoms with van der Waals surface area (Å²) in [5, 5.41) is 10.8. The van der Waals surface area contributed by atoms with Crippen molar-refractivity contribution in [3.05, 3.63) is 35.5 Å². The van der Waals surface area contributed by atoms with Gasteiger partial charge in [-0.05, 0) is 30.4 Å². The minimum atomic E-state index is -0.909. The number of aromatic nitrogens is 1. The van der Waals surface area contributed by atoms with Crippen LogP contribution in [0.1, 0.15) is 49.0 Å². The van der Waals surface area contributed by atoms with Gasteiger partial charge in [0, 0.05) is 17.1 Å². The van der Waals surface area contributed by atoms with Crippen LogP contribution in [0.15, 0.2) is 24.4 Å². The normalized spacial score (nSPS) is 18.9. The highest BCUT2D eigenvalue weighted by molar-refractivity contribution is 5.86. The molecule has 1 aliphatic rings. The van der Waals surface area contributed by atoms with Crippen LogP contribution in [-0.2, 0) is 0 Å². The lowest BCUT2D eigenvalue weighted by molar-refractivity contribution is 0.187. The van der Waals surface area contributed by atoms with Gasteiger partial charge in [0.1, 0.15) is 6.23 Å². The van der Waals surface area contributed by atoms with E-state index >= 15 is 0 Å². The molecule has 0 saturated heterocycles. The molecule has 0 aliphatic heterocycles. The monoisotopic (exact) mass is 230 g/mol. The van der Waals surface area contributed by atoms with Crippen molar-refractivity contribution in [1.29, 1.82) is 0 Å². The summed E-state index contributed by atoms with van der Waals surface area (Å²) >= 11 is 0. The van der Waals surface area contributed by atoms with Crippen LogP contribution in [-0.4, -0.2) is 10.1 Å². The van der Waals surface area contributed by atoms with Crippen LogP contribution in [0, 0.1) is 0 Å². The van der Waals surface area contributed by atoms with Crippen LogP contribution in [0.2, 0.25) is 0 Å². The quantitative estimate of drug-likeness (QED) is 0.695. The van der Waals surface area contributed by atoms with Gasteiger partial charge in [0.25, 0.3) is 0 Å². The van der Waals surface area contributed by atoms with Gasteiger partial charge in [-0.1, -0.05) is 25.0 Å². The van der Waals surface area contributed by atoms with Crippen LogP contribution < -0.4 is 5.73 Å². The summed E-state index contributed by atoms with van der Waals surface area (Å²) in [5.41, 5.74) is 8.76. The third-order valence-electron chi connectivity index (χ3n) is 3.90. The van der Waals surface area contributed by atoms with E-state index in [1.165, 1.54) is 36.6 Å². The molecule has 1 aromatic carbocycles. The lowest BCUT2D eigenvalue weighted by Crippen LogP contribution is -2.09. The van der Waals surface area contributed by atoms with Gasteiger partial charge in [-0.15, -0.1) is 0 Å². The number of hydrogen-bond acceptors (Lipinski definition) is 2. The van der Waals surface area contributed by atoms with Crippen LogP contribution in [0.25, 0.3) is 10.9 Å². The Morgan fingerprint density at radius 3 is 2.71 bits per heavy atom. The second kappa shape index (κ2) is 4.17. The maximum Gasteiger partial charge on any atom is 0.130 e. The predicted octanol–water partition coefficient (Wildman–Crippen LogP) is 2.78. The van der Waals surface area contributed by atoms with E-state index in [0.29, 0.717) is 5.92 Å². The molecule has 1 heterocycles. The summed E-state index contributed by atoms with van der Waals surface area (Å²) in [6, 6.07) is 6.18. The molecule has 1 atom stereocenters. The molecule has 2 aromatic rings. The highest BCUT2D eigenvalue weighted by atomic mass is 16.3. The van der Waals surface area contributed by atoms with Crippen molar-refractivity contribution < 1.29 is 5.11 Å². The highest BCUT2D eigenvalue weighted by Gasteiger charge is 2.20. The van der Waals surface area contributed by atoms with E-state index < -0.39 is 6.23 Å². The summed E-state index contributed by atoms with van der Waals surface area (Å²) in [7, 11) is 0. The predicted molar refractivity (Wildman–Crippen MR) is 68.7 cm³/mol. The van der Waals surface area contributed by atoms with Crippen LogP contribution in [0.3, 0.4) is 0 Å². The molecule has 1 aliphatic carbocycles. The van der Waals surface area contributed by atoms with Gasteiger partial charge in [0.05, 0.1) is 5.52 Å². The van der Waals surface area contributed by atoms with E-state index in [-0.39, 0.29) is 0 Å². The Morgan fingerprint density at radius 2 is 2.00 bits per heavy atom. The molecule has 1 unspecified atom stereocenters. The maximum atomic E-state index is 9.55. The first kappa shape index (κ1) is 10.8. The zero-order valence-electron chi connectivity index (χ0n) is 9.82. The molecule has 3 rings (SSSR count). The Balaban J connectivity index is 2.14. The number of nitrogens with one attached hydrogen (secondary N) is 1. The summed E-state index contributed by atoms with van der Waals surface area (Å²) in [5.74, 6) is 0.678. The molecule has 0 radical (unpaired) electrons. The largest absolute Gasteiger partial charge is 0.374 e. The summed E-state index contributed by atoms with van der Waals surface area (Å²) in [4.78, 5) is 3.19. The molecule has 4 N–H and O–H groups in total. The molecule has 3 heteroatoms. The molecule has 1 fully saturated rings. The SMILES string of the molecule is NC(O)c1ccc(C2CCCC2)c2cc[nH]c12. The number of aromatic amines is 1. The van der Waals surface area contributed by atoms with Gasteiger partial charge in [-0.25, -0.2) is 0 Å². The maximum absolute atomic E-state index is 9.55. The van der Waals surface area contributed by atoms with Crippen molar-refractivity contribution >= 4 is 10.9 Å². The number of nitrogens with two attached hydrogens (primary N) is 1. The van der Waals surface area contributed by atoms with E-state index in [4.69, 9.17) is 5.73 Å². The molecule has 17 heavy (non-hydrogen) atoms. The molecule has 1 aromatic heterocycles. The Morgan fingerprint density at radius 1 is 1.24 bits per heavy atom. The molecule has 90 valence electrons. The van der Waals surface area contributed by atoms with Crippen molar-refractivity contribution in [2.45, 2.75) is 37.8 Å². The number of benzene rings is 1. The van der Waals surface area contributed by atoms with Crippen molar-refractivity contribution in [2.75, 3.05) is 0 Å². The average Bonchev–Trinajstić information content (AvgIpc) is 2.98. The fraction of sp³-hybridized carbons (Fsp3) is 0.429. The van der Waals surface area contributed by atoms with Gasteiger partial charge >= 0.3 is 0 Å². The average molecular weight is 230 g/mol. The number of H-pyrrole nitrogens is 1. The molecule has 3 nitrogen and oxygen atoms in total. The third kappa shape index (κ3) is 1.75. The first-order valence-electron chi connectivity index (χ1n) is 6.31. The third-order valence-corrected chi connectivity index (χ3v) is 3.90. The van der Waals surface area contributed by atoms with Gasteiger partial charge < -0.3 is 15.8 Å². The van der Waals surface area contributed by atoms with Crippen molar-refractivity contribution in [2.24, 2.45) is 5.73 Å². The van der Waals surface area contributed by atoms with E-state index in [1.54, 1.807) is 0 Å². The fourth-order valence-electron chi connectivity index (χ4n) is 3.04. The number of fused-ring (bicyclic) bond motifs is 1. The molecule has 0 amide bonds. The first-order chi connectivity index (χ1) is 8.27. The zero-order valence-corrected chi connectivity index (χ0v) is 9.82. The minimum absolute atomic E-state index is 0.678. The van der Waals surface area contributed by atoms with E-state index in [1.807, 2.05) is 12.3 Å². The van der Waals surface area contributed by atoms with Gasteiger partial charge in [0.15, 0.2) is 0 Å². The summed E-state index contributed by atoms with van der Waals surface area (Å²) in [6.45, 7) is 0. The van der Waals surface area contributed by atoms with Gasteiger partial charge in [-0.2, -0.15) is 0 Å². The molecule has 0 spiro atoms.